The third-order valence-electron chi connectivity index (χ3n) is 2.99. The van der Waals surface area contributed by atoms with E-state index in [4.69, 9.17) is 4.74 Å². The van der Waals surface area contributed by atoms with E-state index in [9.17, 15) is 0 Å². The maximum Gasteiger partial charge on any atom is 0.0961 e. The summed E-state index contributed by atoms with van der Waals surface area (Å²) in [6.07, 6.45) is 10.1. The maximum atomic E-state index is 5.27. The Bertz CT molecular complexity index is 199. The molecule has 0 amide bonds. The van der Waals surface area contributed by atoms with Gasteiger partial charge in [-0.25, -0.2) is 0 Å². The second-order valence-electron chi connectivity index (χ2n) is 3.67. The van der Waals surface area contributed by atoms with Gasteiger partial charge in [-0.15, -0.1) is 0 Å². The molecule has 0 heterocycles. The molecule has 1 heteroatoms. The number of hydrogen-bond donors (Lipinski definition) is 0. The minimum absolute atomic E-state index is 0.690. The number of rotatable bonds is 4. The van der Waals surface area contributed by atoms with Crippen LogP contribution in [0.25, 0.3) is 0 Å². The Labute approximate surface area is 81.5 Å². The highest BCUT2D eigenvalue weighted by Crippen LogP contribution is 2.29. The molecule has 1 unspecified atom stereocenters. The fourth-order valence-electron chi connectivity index (χ4n) is 2.04. The van der Waals surface area contributed by atoms with E-state index in [-0.39, 0.29) is 0 Å². The van der Waals surface area contributed by atoms with Crippen LogP contribution in [-0.2, 0) is 4.74 Å². The average molecular weight is 180 g/mol. The van der Waals surface area contributed by atoms with E-state index in [0.29, 0.717) is 5.92 Å². The first kappa shape index (κ1) is 10.4. The number of methoxy groups -OCH3 is 1. The lowest BCUT2D eigenvalue weighted by Crippen LogP contribution is -2.14. The highest BCUT2D eigenvalue weighted by Gasteiger charge is 2.19. The summed E-state index contributed by atoms with van der Waals surface area (Å²) in [5.41, 5.74) is 0. The summed E-state index contributed by atoms with van der Waals surface area (Å²) in [5.74, 6) is 2.63. The first-order valence-corrected chi connectivity index (χ1v) is 5.23. The van der Waals surface area contributed by atoms with Crippen LogP contribution >= 0.6 is 0 Å². The molecule has 0 fully saturated rings. The van der Waals surface area contributed by atoms with Crippen LogP contribution in [0.15, 0.2) is 24.0 Å². The molecule has 0 N–H and O–H groups in total. The minimum atomic E-state index is 0.690. The molecule has 1 atom stereocenters. The zero-order chi connectivity index (χ0) is 9.68. The highest BCUT2D eigenvalue weighted by molar-refractivity contribution is 5.16. The van der Waals surface area contributed by atoms with Crippen molar-refractivity contribution in [2.24, 2.45) is 11.8 Å². The molecule has 0 aliphatic heterocycles. The van der Waals surface area contributed by atoms with E-state index in [0.717, 1.165) is 18.1 Å². The van der Waals surface area contributed by atoms with Crippen molar-refractivity contribution in [2.45, 2.75) is 33.1 Å². The summed E-state index contributed by atoms with van der Waals surface area (Å²) in [5, 5.41) is 0. The van der Waals surface area contributed by atoms with E-state index < -0.39 is 0 Å². The Morgan fingerprint density at radius 3 is 2.69 bits per heavy atom. The molecule has 1 nitrogen and oxygen atoms in total. The first-order valence-electron chi connectivity index (χ1n) is 5.23. The van der Waals surface area contributed by atoms with Gasteiger partial charge < -0.3 is 4.74 Å². The molecule has 1 rings (SSSR count). The van der Waals surface area contributed by atoms with Gasteiger partial charge in [-0.3, -0.25) is 0 Å². The van der Waals surface area contributed by atoms with Crippen LogP contribution in [0.1, 0.15) is 33.1 Å². The first-order chi connectivity index (χ1) is 6.31. The van der Waals surface area contributed by atoms with Gasteiger partial charge in [0, 0.05) is 6.42 Å². The third-order valence-corrected chi connectivity index (χ3v) is 2.99. The lowest BCUT2D eigenvalue weighted by molar-refractivity contribution is 0.243. The van der Waals surface area contributed by atoms with E-state index in [2.05, 4.69) is 32.1 Å². The van der Waals surface area contributed by atoms with Crippen molar-refractivity contribution in [1.29, 1.82) is 0 Å². The number of allylic oxidation sites excluding steroid dienone is 4. The van der Waals surface area contributed by atoms with Gasteiger partial charge in [0.1, 0.15) is 0 Å². The van der Waals surface area contributed by atoms with Gasteiger partial charge in [-0.05, 0) is 17.9 Å². The zero-order valence-electron chi connectivity index (χ0n) is 8.92. The van der Waals surface area contributed by atoms with Gasteiger partial charge in [0.05, 0.1) is 12.9 Å². The van der Waals surface area contributed by atoms with Crippen molar-refractivity contribution in [1.82, 2.24) is 0 Å². The second-order valence-corrected chi connectivity index (χ2v) is 3.67. The van der Waals surface area contributed by atoms with Gasteiger partial charge in [0.15, 0.2) is 0 Å². The number of hydrogen-bond acceptors (Lipinski definition) is 1. The SMILES string of the molecule is CCC(CC)C1C=CC=C(OC)C1. The lowest BCUT2D eigenvalue weighted by Gasteiger charge is -2.24. The van der Waals surface area contributed by atoms with E-state index >= 15 is 0 Å². The normalized spacial score (nSPS) is 21.8. The molecule has 1 aliphatic carbocycles. The molecule has 1 aliphatic rings. The van der Waals surface area contributed by atoms with Crippen molar-refractivity contribution in [3.05, 3.63) is 24.0 Å². The Hall–Kier alpha value is -0.720. The van der Waals surface area contributed by atoms with Crippen LogP contribution in [0.4, 0.5) is 0 Å². The molecule has 0 saturated carbocycles. The predicted octanol–water partition coefficient (Wildman–Crippen LogP) is 3.53. The molecule has 0 aromatic heterocycles. The second kappa shape index (κ2) is 5.11. The smallest absolute Gasteiger partial charge is 0.0961 e. The van der Waals surface area contributed by atoms with Crippen molar-refractivity contribution in [2.75, 3.05) is 7.11 Å². The standard InChI is InChI=1S/C12H20O/c1-4-10(5-2)11-7-6-8-12(9-11)13-3/h6-8,10-11H,4-5,9H2,1-3H3. The summed E-state index contributed by atoms with van der Waals surface area (Å²) in [7, 11) is 1.76. The Morgan fingerprint density at radius 1 is 1.46 bits per heavy atom. The average Bonchev–Trinajstić information content (AvgIpc) is 2.20. The Kier molecular flexibility index (Phi) is 4.07. The van der Waals surface area contributed by atoms with Crippen molar-refractivity contribution >= 4 is 0 Å². The molecule has 0 radical (unpaired) electrons. The Morgan fingerprint density at radius 2 is 2.15 bits per heavy atom. The Balaban J connectivity index is 2.55. The topological polar surface area (TPSA) is 9.23 Å². The molecule has 0 aromatic carbocycles. The molecule has 0 aromatic rings. The monoisotopic (exact) mass is 180 g/mol. The highest BCUT2D eigenvalue weighted by atomic mass is 16.5. The van der Waals surface area contributed by atoms with Gasteiger partial charge in [-0.1, -0.05) is 38.8 Å². The van der Waals surface area contributed by atoms with Gasteiger partial charge >= 0.3 is 0 Å². The van der Waals surface area contributed by atoms with E-state index in [1.807, 2.05) is 0 Å². The van der Waals surface area contributed by atoms with Crippen molar-refractivity contribution in [3.8, 4) is 0 Å². The maximum absolute atomic E-state index is 5.27. The predicted molar refractivity (Wildman–Crippen MR) is 56.4 cm³/mol. The van der Waals surface area contributed by atoms with Gasteiger partial charge in [0.25, 0.3) is 0 Å². The molecule has 13 heavy (non-hydrogen) atoms. The fourth-order valence-corrected chi connectivity index (χ4v) is 2.04. The third kappa shape index (κ3) is 2.61. The summed E-state index contributed by atoms with van der Waals surface area (Å²) < 4.78 is 5.27. The number of ether oxygens (including phenoxy) is 1. The summed E-state index contributed by atoms with van der Waals surface area (Å²) in [4.78, 5) is 0. The minimum Gasteiger partial charge on any atom is -0.501 e. The van der Waals surface area contributed by atoms with E-state index in [1.165, 1.54) is 12.8 Å². The van der Waals surface area contributed by atoms with Crippen LogP contribution < -0.4 is 0 Å². The van der Waals surface area contributed by atoms with Crippen LogP contribution in [-0.4, -0.2) is 7.11 Å². The largest absolute Gasteiger partial charge is 0.501 e. The van der Waals surface area contributed by atoms with Crippen molar-refractivity contribution in [3.63, 3.8) is 0 Å². The van der Waals surface area contributed by atoms with Crippen LogP contribution in [0.5, 0.6) is 0 Å². The van der Waals surface area contributed by atoms with Crippen LogP contribution in [0.2, 0.25) is 0 Å². The molecule has 0 bridgehead atoms. The molecular weight excluding hydrogens is 160 g/mol. The quantitative estimate of drug-likeness (QED) is 0.643. The summed E-state index contributed by atoms with van der Waals surface area (Å²) in [6.45, 7) is 4.54. The molecule has 0 spiro atoms. The fraction of sp³-hybridized carbons (Fsp3) is 0.667. The molecule has 0 saturated heterocycles. The summed E-state index contributed by atoms with van der Waals surface area (Å²) >= 11 is 0. The zero-order valence-corrected chi connectivity index (χ0v) is 8.92. The van der Waals surface area contributed by atoms with Crippen LogP contribution in [0, 0.1) is 11.8 Å². The summed E-state index contributed by atoms with van der Waals surface area (Å²) in [6, 6.07) is 0. The van der Waals surface area contributed by atoms with Gasteiger partial charge in [0.2, 0.25) is 0 Å². The molecular formula is C12H20O. The van der Waals surface area contributed by atoms with E-state index in [1.54, 1.807) is 7.11 Å². The van der Waals surface area contributed by atoms with Crippen LogP contribution in [0.3, 0.4) is 0 Å². The van der Waals surface area contributed by atoms with Gasteiger partial charge in [-0.2, -0.15) is 0 Å². The molecule has 74 valence electrons. The lowest BCUT2D eigenvalue weighted by atomic mass is 9.83. The van der Waals surface area contributed by atoms with Crippen molar-refractivity contribution < 1.29 is 4.74 Å².